The van der Waals surface area contributed by atoms with Crippen molar-refractivity contribution >= 4 is 0 Å². The van der Waals surface area contributed by atoms with Gasteiger partial charge in [0.1, 0.15) is 0 Å². The molecule has 18 heavy (non-hydrogen) atoms. The Morgan fingerprint density at radius 2 is 2.17 bits per heavy atom. The van der Waals surface area contributed by atoms with Gasteiger partial charge in [0.05, 0.1) is 0 Å². The fourth-order valence-corrected chi connectivity index (χ4v) is 2.83. The van der Waals surface area contributed by atoms with Crippen LogP contribution < -0.4 is 0 Å². The molecule has 0 N–H and O–H groups in total. The first-order valence-electron chi connectivity index (χ1n) is 6.74. The predicted molar refractivity (Wildman–Crippen MR) is 80.3 cm³/mol. The molecular formula is C18H22. The Morgan fingerprint density at radius 1 is 1.33 bits per heavy atom. The molecule has 0 aromatic carbocycles. The van der Waals surface area contributed by atoms with E-state index in [1.54, 1.807) is 0 Å². The van der Waals surface area contributed by atoms with Crippen molar-refractivity contribution in [1.29, 1.82) is 0 Å². The lowest BCUT2D eigenvalue weighted by Gasteiger charge is -2.30. The first kappa shape index (κ1) is 12.9. The predicted octanol–water partition coefficient (Wildman–Crippen LogP) is 5.14. The molecule has 0 saturated carbocycles. The molecule has 0 heteroatoms. The van der Waals surface area contributed by atoms with E-state index in [0.717, 1.165) is 18.4 Å². The molecule has 2 unspecified atom stereocenters. The summed E-state index contributed by atoms with van der Waals surface area (Å²) in [6.45, 7) is 10.2. The van der Waals surface area contributed by atoms with E-state index in [0.29, 0.717) is 11.8 Å². The van der Waals surface area contributed by atoms with Crippen LogP contribution in [0.2, 0.25) is 0 Å². The molecule has 2 rings (SSSR count). The third kappa shape index (κ3) is 3.01. The fourth-order valence-electron chi connectivity index (χ4n) is 2.83. The lowest BCUT2D eigenvalue weighted by Crippen LogP contribution is -2.19. The smallest absolute Gasteiger partial charge is 0.00649 e. The van der Waals surface area contributed by atoms with E-state index in [1.807, 2.05) is 6.08 Å². The summed E-state index contributed by atoms with van der Waals surface area (Å²) in [5.74, 6) is 1.21. The molecule has 0 aliphatic heterocycles. The highest BCUT2D eigenvalue weighted by Crippen LogP contribution is 2.37. The van der Waals surface area contributed by atoms with Crippen LogP contribution in [-0.2, 0) is 0 Å². The van der Waals surface area contributed by atoms with Gasteiger partial charge in [-0.05, 0) is 49.2 Å². The summed E-state index contributed by atoms with van der Waals surface area (Å²) < 4.78 is 0. The summed E-state index contributed by atoms with van der Waals surface area (Å²) in [6.07, 6.45) is 18.8. The summed E-state index contributed by atoms with van der Waals surface area (Å²) in [6, 6.07) is 0. The van der Waals surface area contributed by atoms with Crippen LogP contribution in [0.15, 0.2) is 72.4 Å². The standard InChI is InChI=1S/C18H22/c1-4-16-9-6-10-17-12-11-14(2)7-5-8-15(3)13-18(16)17/h4-5,7-9,11-12,17-18H,1-2,6,10,13H2,3H3/b7-5-,12-11-,15-8-. The van der Waals surface area contributed by atoms with Gasteiger partial charge in [-0.25, -0.2) is 0 Å². The molecule has 0 fully saturated rings. The van der Waals surface area contributed by atoms with E-state index in [-0.39, 0.29) is 0 Å². The first-order chi connectivity index (χ1) is 8.70. The summed E-state index contributed by atoms with van der Waals surface area (Å²) in [7, 11) is 0. The SMILES string of the molecule is C=CC1=CCCC2/C=C\C(=C)/C=C\C=C(\C)CC12. The minimum Gasteiger partial charge on any atom is -0.0988 e. The zero-order chi connectivity index (χ0) is 13.0. The van der Waals surface area contributed by atoms with Crippen LogP contribution in [0.5, 0.6) is 0 Å². The first-order valence-corrected chi connectivity index (χ1v) is 6.74. The van der Waals surface area contributed by atoms with E-state index in [1.165, 1.54) is 17.6 Å². The number of allylic oxidation sites excluding steroid dienone is 10. The Morgan fingerprint density at radius 3 is 2.94 bits per heavy atom. The number of fused-ring (bicyclic) bond motifs is 1. The molecule has 2 aliphatic rings. The second-order valence-electron chi connectivity index (χ2n) is 5.27. The molecule has 0 spiro atoms. The lowest BCUT2D eigenvalue weighted by atomic mass is 9.74. The Hall–Kier alpha value is -1.56. The van der Waals surface area contributed by atoms with Crippen molar-refractivity contribution < 1.29 is 0 Å². The second kappa shape index (κ2) is 5.86. The highest BCUT2D eigenvalue weighted by Gasteiger charge is 2.24. The highest BCUT2D eigenvalue weighted by molar-refractivity contribution is 5.34. The molecule has 0 saturated heterocycles. The van der Waals surface area contributed by atoms with Gasteiger partial charge in [-0.2, -0.15) is 0 Å². The minimum atomic E-state index is 0.586. The van der Waals surface area contributed by atoms with Crippen molar-refractivity contribution in [1.82, 2.24) is 0 Å². The van der Waals surface area contributed by atoms with E-state index in [9.17, 15) is 0 Å². The monoisotopic (exact) mass is 238 g/mol. The third-order valence-electron chi connectivity index (χ3n) is 3.85. The molecule has 0 heterocycles. The number of hydrogen-bond acceptors (Lipinski definition) is 0. The Labute approximate surface area is 111 Å². The molecule has 2 aliphatic carbocycles. The van der Waals surface area contributed by atoms with Crippen molar-refractivity contribution in [3.8, 4) is 0 Å². The maximum Gasteiger partial charge on any atom is -0.00649 e. The maximum atomic E-state index is 4.05. The van der Waals surface area contributed by atoms with E-state index in [2.05, 4.69) is 56.5 Å². The van der Waals surface area contributed by atoms with Gasteiger partial charge in [-0.3, -0.25) is 0 Å². The van der Waals surface area contributed by atoms with Gasteiger partial charge in [0, 0.05) is 0 Å². The lowest BCUT2D eigenvalue weighted by molar-refractivity contribution is 0.410. The third-order valence-corrected chi connectivity index (χ3v) is 3.85. The fraction of sp³-hybridized carbons (Fsp3) is 0.333. The topological polar surface area (TPSA) is 0 Å². The molecule has 94 valence electrons. The molecule has 0 nitrogen and oxygen atoms in total. The van der Waals surface area contributed by atoms with Crippen LogP contribution in [-0.4, -0.2) is 0 Å². The van der Waals surface area contributed by atoms with Crippen LogP contribution in [0.3, 0.4) is 0 Å². The van der Waals surface area contributed by atoms with E-state index < -0.39 is 0 Å². The van der Waals surface area contributed by atoms with E-state index >= 15 is 0 Å². The highest BCUT2D eigenvalue weighted by atomic mass is 14.3. The second-order valence-corrected chi connectivity index (χ2v) is 5.27. The zero-order valence-corrected chi connectivity index (χ0v) is 11.2. The largest absolute Gasteiger partial charge is 0.0988 e. The molecule has 0 aromatic rings. The summed E-state index contributed by atoms with van der Waals surface area (Å²) >= 11 is 0. The maximum absolute atomic E-state index is 4.05. The van der Waals surface area contributed by atoms with Gasteiger partial charge in [0.2, 0.25) is 0 Å². The zero-order valence-electron chi connectivity index (χ0n) is 11.2. The molecule has 0 amide bonds. The van der Waals surface area contributed by atoms with Crippen molar-refractivity contribution in [3.05, 3.63) is 72.4 Å². The van der Waals surface area contributed by atoms with Crippen molar-refractivity contribution in [2.75, 3.05) is 0 Å². The van der Waals surface area contributed by atoms with Gasteiger partial charge in [0.25, 0.3) is 0 Å². The average Bonchev–Trinajstić information content (AvgIpc) is 2.37. The Balaban J connectivity index is 2.35. The Kier molecular flexibility index (Phi) is 4.19. The van der Waals surface area contributed by atoms with Crippen LogP contribution >= 0.6 is 0 Å². The van der Waals surface area contributed by atoms with Gasteiger partial charge >= 0.3 is 0 Å². The van der Waals surface area contributed by atoms with E-state index in [4.69, 9.17) is 0 Å². The normalized spacial score (nSPS) is 34.6. The Bertz CT molecular complexity index is 454. The van der Waals surface area contributed by atoms with Gasteiger partial charge in [-0.15, -0.1) is 0 Å². The minimum absolute atomic E-state index is 0.586. The van der Waals surface area contributed by atoms with Crippen LogP contribution in [0.4, 0.5) is 0 Å². The van der Waals surface area contributed by atoms with Crippen LogP contribution in [0, 0.1) is 11.8 Å². The number of hydrogen-bond donors (Lipinski definition) is 0. The molecule has 2 atom stereocenters. The van der Waals surface area contributed by atoms with Gasteiger partial charge < -0.3 is 0 Å². The van der Waals surface area contributed by atoms with Crippen molar-refractivity contribution in [2.24, 2.45) is 11.8 Å². The summed E-state index contributed by atoms with van der Waals surface area (Å²) in [5, 5.41) is 0. The quantitative estimate of drug-likeness (QED) is 0.593. The molecule has 0 radical (unpaired) electrons. The molecular weight excluding hydrogens is 216 g/mol. The van der Waals surface area contributed by atoms with Gasteiger partial charge in [0.15, 0.2) is 0 Å². The number of rotatable bonds is 1. The summed E-state index contributed by atoms with van der Waals surface area (Å²) in [4.78, 5) is 0. The molecule has 0 aromatic heterocycles. The van der Waals surface area contributed by atoms with Crippen molar-refractivity contribution in [3.63, 3.8) is 0 Å². The summed E-state index contributed by atoms with van der Waals surface area (Å²) in [5.41, 5.74) is 3.92. The van der Waals surface area contributed by atoms with Crippen LogP contribution in [0.1, 0.15) is 26.2 Å². The van der Waals surface area contributed by atoms with Crippen molar-refractivity contribution in [2.45, 2.75) is 26.2 Å². The molecule has 0 bridgehead atoms. The van der Waals surface area contributed by atoms with Gasteiger partial charge in [-0.1, -0.05) is 61.3 Å². The average molecular weight is 238 g/mol. The van der Waals surface area contributed by atoms with Crippen LogP contribution in [0.25, 0.3) is 0 Å².